The zero-order valence-corrected chi connectivity index (χ0v) is 9.50. The van der Waals surface area contributed by atoms with Crippen molar-refractivity contribution in [3.05, 3.63) is 34.3 Å². The minimum atomic E-state index is -4.68. The molecule has 0 aliphatic heterocycles. The summed E-state index contributed by atoms with van der Waals surface area (Å²) in [6, 6.07) is 0.616. The molecule has 0 amide bonds. The van der Waals surface area contributed by atoms with Gasteiger partial charge in [0.15, 0.2) is 0 Å². The van der Waals surface area contributed by atoms with E-state index in [0.717, 1.165) is 6.07 Å². The van der Waals surface area contributed by atoms with E-state index >= 15 is 0 Å². The maximum absolute atomic E-state index is 12.4. The monoisotopic (exact) mass is 291 g/mol. The normalized spacial score (nSPS) is 14.7. The van der Waals surface area contributed by atoms with Crippen LogP contribution in [0.15, 0.2) is 18.2 Å². The highest BCUT2D eigenvalue weighted by Gasteiger charge is 2.34. The van der Waals surface area contributed by atoms with Crippen LogP contribution < -0.4 is 5.73 Å². The molecule has 102 valence electrons. The van der Waals surface area contributed by atoms with E-state index < -0.39 is 30.4 Å². The van der Waals surface area contributed by atoms with Crippen LogP contribution in [0.4, 0.5) is 26.3 Å². The van der Waals surface area contributed by atoms with E-state index in [1.807, 2.05) is 0 Å². The number of hydrogen-bond donors (Lipinski definition) is 1. The van der Waals surface area contributed by atoms with Crippen LogP contribution >= 0.6 is 11.6 Å². The minimum Gasteiger partial charge on any atom is -0.324 e. The first kappa shape index (κ1) is 15.1. The number of hydrogen-bond acceptors (Lipinski definition) is 1. The summed E-state index contributed by atoms with van der Waals surface area (Å²) in [5, 5.41) is -0.308. The Balaban J connectivity index is 3.07. The van der Waals surface area contributed by atoms with Crippen LogP contribution in [0.3, 0.4) is 0 Å². The van der Waals surface area contributed by atoms with Crippen molar-refractivity contribution in [2.45, 2.75) is 24.8 Å². The van der Waals surface area contributed by atoms with Gasteiger partial charge in [0.25, 0.3) is 0 Å². The Morgan fingerprint density at radius 1 is 1.06 bits per heavy atom. The van der Waals surface area contributed by atoms with Gasteiger partial charge in [-0.15, -0.1) is 0 Å². The third kappa shape index (κ3) is 4.38. The molecular formula is C10H8ClF6N. The number of benzene rings is 1. The molecule has 0 unspecified atom stereocenters. The molecule has 1 aromatic rings. The van der Waals surface area contributed by atoms with Gasteiger partial charge in [0.1, 0.15) is 0 Å². The first-order valence-electron chi connectivity index (χ1n) is 4.69. The van der Waals surface area contributed by atoms with Gasteiger partial charge in [-0.2, -0.15) is 26.3 Å². The van der Waals surface area contributed by atoms with E-state index in [9.17, 15) is 26.3 Å². The zero-order valence-electron chi connectivity index (χ0n) is 8.74. The summed E-state index contributed by atoms with van der Waals surface area (Å²) < 4.78 is 73.6. The standard InChI is InChI=1S/C10H8ClF6N/c11-7-2-5(8(18)4-9(12,13)14)1-6(3-7)10(15,16)17/h1-3,8H,4,18H2/t8-/m0/s1. The molecule has 1 aromatic carbocycles. The third-order valence-corrected chi connectivity index (χ3v) is 2.35. The lowest BCUT2D eigenvalue weighted by molar-refractivity contribution is -0.138. The summed E-state index contributed by atoms with van der Waals surface area (Å²) in [5.41, 5.74) is 3.79. The second-order valence-corrected chi connectivity index (χ2v) is 4.13. The van der Waals surface area contributed by atoms with Crippen LogP contribution in [0.5, 0.6) is 0 Å². The Kier molecular flexibility index (Phi) is 4.17. The van der Waals surface area contributed by atoms with Crippen molar-refractivity contribution in [2.75, 3.05) is 0 Å². The highest BCUT2D eigenvalue weighted by molar-refractivity contribution is 6.30. The van der Waals surface area contributed by atoms with Gasteiger partial charge in [-0.1, -0.05) is 11.6 Å². The van der Waals surface area contributed by atoms with Crippen LogP contribution in [0.2, 0.25) is 5.02 Å². The average molecular weight is 292 g/mol. The largest absolute Gasteiger partial charge is 0.416 e. The van der Waals surface area contributed by atoms with Crippen LogP contribution in [0.25, 0.3) is 0 Å². The maximum Gasteiger partial charge on any atom is 0.416 e. The summed E-state index contributed by atoms with van der Waals surface area (Å²) in [7, 11) is 0. The summed E-state index contributed by atoms with van der Waals surface area (Å²) in [5.74, 6) is 0. The molecule has 0 bridgehead atoms. The van der Waals surface area contributed by atoms with Crippen molar-refractivity contribution in [3.63, 3.8) is 0 Å². The molecule has 0 saturated carbocycles. The molecule has 0 spiro atoms. The van der Waals surface area contributed by atoms with Gasteiger partial charge in [0, 0.05) is 11.1 Å². The highest BCUT2D eigenvalue weighted by atomic mass is 35.5. The van der Waals surface area contributed by atoms with Crippen LogP contribution in [0.1, 0.15) is 23.6 Å². The van der Waals surface area contributed by atoms with Crippen molar-refractivity contribution in [3.8, 4) is 0 Å². The highest BCUT2D eigenvalue weighted by Crippen LogP contribution is 2.35. The van der Waals surface area contributed by atoms with Crippen LogP contribution in [-0.2, 0) is 6.18 Å². The fourth-order valence-electron chi connectivity index (χ4n) is 1.36. The Hall–Kier alpha value is -0.950. The second-order valence-electron chi connectivity index (χ2n) is 3.70. The minimum absolute atomic E-state index is 0.299. The molecule has 1 nitrogen and oxygen atoms in total. The van der Waals surface area contributed by atoms with E-state index in [0.29, 0.717) is 12.1 Å². The fourth-order valence-corrected chi connectivity index (χ4v) is 1.60. The molecule has 0 fully saturated rings. The lowest BCUT2D eigenvalue weighted by atomic mass is 10.0. The molecule has 2 N–H and O–H groups in total. The molecule has 1 rings (SSSR count). The summed E-state index contributed by atoms with van der Waals surface area (Å²) in [6.45, 7) is 0. The Morgan fingerprint density at radius 3 is 2.06 bits per heavy atom. The molecule has 0 radical (unpaired) electrons. The summed E-state index contributed by atoms with van der Waals surface area (Å²) >= 11 is 5.43. The maximum atomic E-state index is 12.4. The Labute approximate surface area is 104 Å². The quantitative estimate of drug-likeness (QED) is 0.807. The molecule has 0 aromatic heterocycles. The number of rotatable bonds is 2. The fraction of sp³-hybridized carbons (Fsp3) is 0.400. The lowest BCUT2D eigenvalue weighted by Crippen LogP contribution is -2.20. The molecule has 1 atom stereocenters. The van der Waals surface area contributed by atoms with Crippen LogP contribution in [-0.4, -0.2) is 6.18 Å². The van der Waals surface area contributed by atoms with Gasteiger partial charge in [-0.25, -0.2) is 0 Å². The summed E-state index contributed by atoms with van der Waals surface area (Å²) in [6.07, 6.45) is -10.7. The predicted octanol–water partition coefficient (Wildman–Crippen LogP) is 4.31. The Morgan fingerprint density at radius 2 is 1.61 bits per heavy atom. The predicted molar refractivity (Wildman–Crippen MR) is 54.1 cm³/mol. The van der Waals surface area contributed by atoms with Gasteiger partial charge >= 0.3 is 12.4 Å². The van der Waals surface area contributed by atoms with E-state index in [1.54, 1.807) is 0 Å². The zero-order chi connectivity index (χ0) is 14.1. The average Bonchev–Trinajstić information content (AvgIpc) is 2.12. The number of nitrogens with two attached hydrogens (primary N) is 1. The molecule has 0 aliphatic carbocycles. The van der Waals surface area contributed by atoms with E-state index in [4.69, 9.17) is 17.3 Å². The Bertz CT molecular complexity index is 425. The van der Waals surface area contributed by atoms with Gasteiger partial charge in [0.05, 0.1) is 12.0 Å². The van der Waals surface area contributed by atoms with E-state index in [1.165, 1.54) is 0 Å². The van der Waals surface area contributed by atoms with Crippen molar-refractivity contribution in [2.24, 2.45) is 5.73 Å². The molecule has 0 heterocycles. The van der Waals surface area contributed by atoms with E-state index in [2.05, 4.69) is 0 Å². The van der Waals surface area contributed by atoms with Crippen molar-refractivity contribution in [1.29, 1.82) is 0 Å². The number of alkyl halides is 6. The van der Waals surface area contributed by atoms with Gasteiger partial charge in [0.2, 0.25) is 0 Å². The van der Waals surface area contributed by atoms with Gasteiger partial charge < -0.3 is 5.73 Å². The number of halogens is 7. The second kappa shape index (κ2) is 4.97. The third-order valence-electron chi connectivity index (χ3n) is 2.13. The first-order chi connectivity index (χ1) is 7.99. The first-order valence-corrected chi connectivity index (χ1v) is 5.07. The van der Waals surface area contributed by atoms with Crippen LogP contribution in [0, 0.1) is 0 Å². The topological polar surface area (TPSA) is 26.0 Å². The SMILES string of the molecule is N[C@@H](CC(F)(F)F)c1cc(Cl)cc(C(F)(F)F)c1. The molecule has 18 heavy (non-hydrogen) atoms. The van der Waals surface area contributed by atoms with Crippen molar-refractivity contribution < 1.29 is 26.3 Å². The van der Waals surface area contributed by atoms with Crippen molar-refractivity contribution >= 4 is 11.6 Å². The van der Waals surface area contributed by atoms with Gasteiger partial charge in [-0.05, 0) is 23.8 Å². The van der Waals surface area contributed by atoms with Gasteiger partial charge in [-0.3, -0.25) is 0 Å². The molecule has 8 heteroatoms. The molecular weight excluding hydrogens is 284 g/mol. The smallest absolute Gasteiger partial charge is 0.324 e. The van der Waals surface area contributed by atoms with E-state index in [-0.39, 0.29) is 10.6 Å². The van der Waals surface area contributed by atoms with Crippen molar-refractivity contribution in [1.82, 2.24) is 0 Å². The molecule has 0 aliphatic rings. The summed E-state index contributed by atoms with van der Waals surface area (Å²) in [4.78, 5) is 0. The molecule has 0 saturated heterocycles. The lowest BCUT2D eigenvalue weighted by Gasteiger charge is -2.16.